The van der Waals surface area contributed by atoms with Gasteiger partial charge in [0.05, 0.1) is 28.7 Å². The summed E-state index contributed by atoms with van der Waals surface area (Å²) >= 11 is 0. The standard InChI is InChI=1S/C21H17FN4O3S/c22-16-6-10-18(11-7-16)30(28,29)26-17-8-4-14(5-9-17)12-20(27)24-19-3-1-2-15-13-23-25-21(15)19/h1-11,13,26H,12H2,(H,23,25)(H,24,27). The number of H-pyrrole nitrogens is 1. The maximum Gasteiger partial charge on any atom is 0.261 e. The summed E-state index contributed by atoms with van der Waals surface area (Å²) in [5.74, 6) is -0.725. The fourth-order valence-corrected chi connectivity index (χ4v) is 4.03. The molecule has 0 aliphatic carbocycles. The lowest BCUT2D eigenvalue weighted by Gasteiger charge is -2.09. The first-order valence-corrected chi connectivity index (χ1v) is 10.5. The number of amides is 1. The summed E-state index contributed by atoms with van der Waals surface area (Å²) < 4.78 is 40.1. The van der Waals surface area contributed by atoms with Gasteiger partial charge in [0.1, 0.15) is 5.82 Å². The van der Waals surface area contributed by atoms with E-state index in [0.717, 1.165) is 23.0 Å². The molecule has 3 aromatic carbocycles. The molecule has 1 aromatic heterocycles. The van der Waals surface area contributed by atoms with Crippen molar-refractivity contribution in [3.8, 4) is 0 Å². The van der Waals surface area contributed by atoms with Crippen LogP contribution >= 0.6 is 0 Å². The van der Waals surface area contributed by atoms with Crippen LogP contribution in [0, 0.1) is 5.82 Å². The second-order valence-corrected chi connectivity index (χ2v) is 8.30. The quantitative estimate of drug-likeness (QED) is 0.439. The van der Waals surface area contributed by atoms with Crippen molar-refractivity contribution in [3.63, 3.8) is 0 Å². The molecule has 152 valence electrons. The zero-order chi connectivity index (χ0) is 21.1. The van der Waals surface area contributed by atoms with Gasteiger partial charge in [-0.2, -0.15) is 5.10 Å². The van der Waals surface area contributed by atoms with Gasteiger partial charge in [-0.25, -0.2) is 12.8 Å². The van der Waals surface area contributed by atoms with E-state index in [1.54, 1.807) is 36.5 Å². The number of carbonyl (C=O) groups is 1. The van der Waals surface area contributed by atoms with E-state index in [1.807, 2.05) is 12.1 Å². The van der Waals surface area contributed by atoms with Crippen molar-refractivity contribution in [2.75, 3.05) is 10.0 Å². The van der Waals surface area contributed by atoms with Gasteiger partial charge in [-0.15, -0.1) is 0 Å². The summed E-state index contributed by atoms with van der Waals surface area (Å²) in [7, 11) is -3.83. The van der Waals surface area contributed by atoms with Gasteiger partial charge in [-0.3, -0.25) is 14.6 Å². The van der Waals surface area contributed by atoms with Gasteiger partial charge >= 0.3 is 0 Å². The number of aromatic amines is 1. The minimum Gasteiger partial charge on any atom is -0.324 e. The fraction of sp³-hybridized carbons (Fsp3) is 0.0476. The number of sulfonamides is 1. The number of benzene rings is 3. The lowest BCUT2D eigenvalue weighted by Crippen LogP contribution is -2.15. The molecule has 4 aromatic rings. The number of hydrogen-bond donors (Lipinski definition) is 3. The molecule has 0 fully saturated rings. The number of carbonyl (C=O) groups excluding carboxylic acids is 1. The lowest BCUT2D eigenvalue weighted by atomic mass is 10.1. The van der Waals surface area contributed by atoms with Gasteiger partial charge in [0.15, 0.2) is 0 Å². The Morgan fingerprint density at radius 3 is 2.47 bits per heavy atom. The van der Waals surface area contributed by atoms with E-state index in [1.165, 1.54) is 12.1 Å². The van der Waals surface area contributed by atoms with E-state index in [0.29, 0.717) is 16.9 Å². The largest absolute Gasteiger partial charge is 0.324 e. The number of para-hydroxylation sites is 1. The van der Waals surface area contributed by atoms with Crippen LogP contribution in [0.15, 0.2) is 77.8 Å². The van der Waals surface area contributed by atoms with Gasteiger partial charge < -0.3 is 5.32 Å². The molecule has 0 aliphatic rings. The summed E-state index contributed by atoms with van der Waals surface area (Å²) in [6.07, 6.45) is 1.80. The minimum absolute atomic E-state index is 0.0414. The molecule has 0 bridgehead atoms. The Bertz CT molecular complexity index is 1300. The smallest absolute Gasteiger partial charge is 0.261 e. The molecule has 1 amide bonds. The van der Waals surface area contributed by atoms with Crippen molar-refractivity contribution in [1.82, 2.24) is 10.2 Å². The third-order valence-electron chi connectivity index (χ3n) is 4.45. The average molecular weight is 424 g/mol. The van der Waals surface area contributed by atoms with Gasteiger partial charge in [0, 0.05) is 11.1 Å². The van der Waals surface area contributed by atoms with Crippen LogP contribution in [0.1, 0.15) is 5.56 Å². The molecule has 0 saturated carbocycles. The van der Waals surface area contributed by atoms with Crippen molar-refractivity contribution in [1.29, 1.82) is 0 Å². The first-order chi connectivity index (χ1) is 14.4. The third-order valence-corrected chi connectivity index (χ3v) is 5.84. The molecule has 1 heterocycles. The minimum atomic E-state index is -3.83. The highest BCUT2D eigenvalue weighted by Crippen LogP contribution is 2.21. The highest BCUT2D eigenvalue weighted by atomic mass is 32.2. The summed E-state index contributed by atoms with van der Waals surface area (Å²) in [5, 5.41) is 10.6. The summed E-state index contributed by atoms with van der Waals surface area (Å²) in [4.78, 5) is 12.3. The average Bonchev–Trinajstić information content (AvgIpc) is 3.19. The molecule has 0 atom stereocenters. The van der Waals surface area contributed by atoms with Gasteiger partial charge in [0.2, 0.25) is 5.91 Å². The number of fused-ring (bicyclic) bond motifs is 1. The number of nitrogens with zero attached hydrogens (tertiary/aromatic N) is 1. The SMILES string of the molecule is O=C(Cc1ccc(NS(=O)(=O)c2ccc(F)cc2)cc1)Nc1cccc2cn[nH]c12. The van der Waals surface area contributed by atoms with Crippen molar-refractivity contribution < 1.29 is 17.6 Å². The number of rotatable bonds is 6. The van der Waals surface area contributed by atoms with Crippen molar-refractivity contribution in [3.05, 3.63) is 84.3 Å². The topological polar surface area (TPSA) is 104 Å². The van der Waals surface area contributed by atoms with Crippen molar-refractivity contribution in [2.45, 2.75) is 11.3 Å². The second-order valence-electron chi connectivity index (χ2n) is 6.62. The highest BCUT2D eigenvalue weighted by Gasteiger charge is 2.14. The Hall–Kier alpha value is -3.72. The van der Waals surface area contributed by atoms with Crippen LogP contribution < -0.4 is 10.0 Å². The van der Waals surface area contributed by atoms with Crippen molar-refractivity contribution in [2.24, 2.45) is 0 Å². The first kappa shape index (κ1) is 19.6. The summed E-state index contributed by atoms with van der Waals surface area (Å²) in [6, 6.07) is 16.5. The molecule has 0 aliphatic heterocycles. The Morgan fingerprint density at radius 1 is 1.00 bits per heavy atom. The zero-order valence-corrected chi connectivity index (χ0v) is 16.4. The maximum atomic E-state index is 13.0. The predicted octanol–water partition coefficient (Wildman–Crippen LogP) is 3.68. The van der Waals surface area contributed by atoms with E-state index < -0.39 is 15.8 Å². The summed E-state index contributed by atoms with van der Waals surface area (Å²) in [5.41, 5.74) is 2.44. The fourth-order valence-electron chi connectivity index (χ4n) is 2.97. The molecule has 0 unspecified atom stereocenters. The molecule has 0 saturated heterocycles. The molecule has 3 N–H and O–H groups in total. The molecule has 7 nitrogen and oxygen atoms in total. The third kappa shape index (κ3) is 4.31. The molecular weight excluding hydrogens is 407 g/mol. The van der Waals surface area contributed by atoms with Crippen LogP contribution in [0.5, 0.6) is 0 Å². The number of halogens is 1. The van der Waals surface area contributed by atoms with Gasteiger partial charge in [-0.05, 0) is 48.0 Å². The first-order valence-electron chi connectivity index (χ1n) is 9.00. The molecular formula is C21H17FN4O3S. The number of hydrogen-bond acceptors (Lipinski definition) is 4. The van der Waals surface area contributed by atoms with E-state index in [-0.39, 0.29) is 17.2 Å². The lowest BCUT2D eigenvalue weighted by molar-refractivity contribution is -0.115. The van der Waals surface area contributed by atoms with Crippen LogP contribution in [-0.4, -0.2) is 24.5 Å². The van der Waals surface area contributed by atoms with E-state index >= 15 is 0 Å². The van der Waals surface area contributed by atoms with E-state index in [9.17, 15) is 17.6 Å². The van der Waals surface area contributed by atoms with Crippen LogP contribution in [0.3, 0.4) is 0 Å². The Morgan fingerprint density at radius 2 is 1.73 bits per heavy atom. The van der Waals surface area contributed by atoms with Gasteiger partial charge in [-0.1, -0.05) is 24.3 Å². The monoisotopic (exact) mass is 424 g/mol. The van der Waals surface area contributed by atoms with E-state index in [4.69, 9.17) is 0 Å². The Balaban J connectivity index is 1.41. The highest BCUT2D eigenvalue weighted by molar-refractivity contribution is 7.92. The normalized spacial score (nSPS) is 11.4. The predicted molar refractivity (Wildman–Crippen MR) is 112 cm³/mol. The molecule has 9 heteroatoms. The second kappa shape index (κ2) is 7.96. The Labute approximate surface area is 172 Å². The van der Waals surface area contributed by atoms with Crippen LogP contribution in [0.2, 0.25) is 0 Å². The van der Waals surface area contributed by atoms with Crippen LogP contribution in [0.25, 0.3) is 10.9 Å². The van der Waals surface area contributed by atoms with Gasteiger partial charge in [0.25, 0.3) is 10.0 Å². The molecule has 4 rings (SSSR count). The number of aromatic nitrogens is 2. The molecule has 30 heavy (non-hydrogen) atoms. The van der Waals surface area contributed by atoms with Crippen LogP contribution in [0.4, 0.5) is 15.8 Å². The zero-order valence-electron chi connectivity index (χ0n) is 15.6. The molecule has 0 radical (unpaired) electrons. The molecule has 0 spiro atoms. The Kier molecular flexibility index (Phi) is 5.20. The maximum absolute atomic E-state index is 13.0. The van der Waals surface area contributed by atoms with E-state index in [2.05, 4.69) is 20.2 Å². The number of anilines is 2. The summed E-state index contributed by atoms with van der Waals surface area (Å²) in [6.45, 7) is 0. The van der Waals surface area contributed by atoms with Crippen molar-refractivity contribution >= 4 is 38.2 Å². The number of nitrogens with one attached hydrogen (secondary N) is 3. The van der Waals surface area contributed by atoms with Crippen LogP contribution in [-0.2, 0) is 21.2 Å².